The molecule has 1 aliphatic rings. The Morgan fingerprint density at radius 2 is 1.81 bits per heavy atom. The molecule has 1 fully saturated rings. The maximum Gasteiger partial charge on any atom is 0.0488 e. The SMILES string of the molecule is CNNc1ccc(N2CCS(=S)CC2)cc1. The van der Waals surface area contributed by atoms with Gasteiger partial charge in [-0.25, -0.2) is 5.43 Å². The van der Waals surface area contributed by atoms with Crippen LogP contribution in [0.15, 0.2) is 24.3 Å². The topological polar surface area (TPSA) is 27.3 Å². The van der Waals surface area contributed by atoms with Crippen LogP contribution >= 0.6 is 0 Å². The Kier molecular flexibility index (Phi) is 4.15. The van der Waals surface area contributed by atoms with Crippen LogP contribution in [0.1, 0.15) is 0 Å². The minimum atomic E-state index is 0.227. The minimum absolute atomic E-state index is 0.227. The summed E-state index contributed by atoms with van der Waals surface area (Å²) in [7, 11) is 2.09. The molecule has 3 nitrogen and oxygen atoms in total. The molecule has 0 bridgehead atoms. The van der Waals surface area contributed by atoms with Crippen LogP contribution < -0.4 is 15.8 Å². The molecule has 0 atom stereocenters. The van der Waals surface area contributed by atoms with E-state index in [-0.39, 0.29) is 9.45 Å². The Bertz CT molecular complexity index is 354. The van der Waals surface area contributed by atoms with Crippen LogP contribution in [0.25, 0.3) is 0 Å². The monoisotopic (exact) mass is 255 g/mol. The molecule has 5 heteroatoms. The summed E-state index contributed by atoms with van der Waals surface area (Å²) in [5.41, 5.74) is 8.36. The van der Waals surface area contributed by atoms with Crippen molar-refractivity contribution in [1.82, 2.24) is 5.43 Å². The predicted molar refractivity (Wildman–Crippen MR) is 75.8 cm³/mol. The first kappa shape index (κ1) is 11.8. The van der Waals surface area contributed by atoms with Gasteiger partial charge in [0.05, 0.1) is 0 Å². The lowest BCUT2D eigenvalue weighted by Crippen LogP contribution is -2.37. The van der Waals surface area contributed by atoms with E-state index in [0.29, 0.717) is 0 Å². The van der Waals surface area contributed by atoms with Gasteiger partial charge in [0.1, 0.15) is 0 Å². The minimum Gasteiger partial charge on any atom is -0.370 e. The standard InChI is InChI=1S/C11H17N3S2/c1-12-13-10-2-4-11(5-3-10)14-6-8-16(15)9-7-14/h2-5,12-13H,6-9H2,1H3. The van der Waals surface area contributed by atoms with Crippen molar-refractivity contribution in [1.29, 1.82) is 0 Å². The average Bonchev–Trinajstić information content (AvgIpc) is 2.32. The molecule has 1 aromatic rings. The summed E-state index contributed by atoms with van der Waals surface area (Å²) < 4.78 is 0. The molecule has 88 valence electrons. The lowest BCUT2D eigenvalue weighted by atomic mass is 10.2. The zero-order valence-electron chi connectivity index (χ0n) is 9.40. The van der Waals surface area contributed by atoms with E-state index in [2.05, 4.69) is 40.0 Å². The number of hydrogen-bond donors (Lipinski definition) is 2. The summed E-state index contributed by atoms with van der Waals surface area (Å²) in [6.45, 7) is 2.21. The van der Waals surface area contributed by atoms with Crippen molar-refractivity contribution in [3.63, 3.8) is 0 Å². The van der Waals surface area contributed by atoms with Crippen LogP contribution in [0.5, 0.6) is 0 Å². The molecule has 1 heterocycles. The van der Waals surface area contributed by atoms with Crippen LogP contribution in [0.4, 0.5) is 11.4 Å². The molecule has 1 aliphatic heterocycles. The van der Waals surface area contributed by atoms with E-state index in [1.165, 1.54) is 5.69 Å². The van der Waals surface area contributed by atoms with Crippen molar-refractivity contribution in [3.05, 3.63) is 24.3 Å². The number of nitrogens with zero attached hydrogens (tertiary/aromatic N) is 1. The fraction of sp³-hybridized carbons (Fsp3) is 0.455. The lowest BCUT2D eigenvalue weighted by Gasteiger charge is -2.29. The molecule has 0 unspecified atom stereocenters. The summed E-state index contributed by atoms with van der Waals surface area (Å²) in [6, 6.07) is 8.50. The van der Waals surface area contributed by atoms with Crippen LogP contribution in [0.3, 0.4) is 0 Å². The molecule has 0 spiro atoms. The Balaban J connectivity index is 2.01. The highest BCUT2D eigenvalue weighted by Gasteiger charge is 2.12. The Morgan fingerprint density at radius 1 is 1.19 bits per heavy atom. The van der Waals surface area contributed by atoms with E-state index >= 15 is 0 Å². The molecule has 2 N–H and O–H groups in total. The molecule has 0 saturated carbocycles. The molecule has 0 amide bonds. The molecule has 16 heavy (non-hydrogen) atoms. The molecule has 1 saturated heterocycles. The number of anilines is 2. The van der Waals surface area contributed by atoms with E-state index in [9.17, 15) is 0 Å². The van der Waals surface area contributed by atoms with E-state index in [0.717, 1.165) is 30.3 Å². The second kappa shape index (κ2) is 5.61. The zero-order valence-corrected chi connectivity index (χ0v) is 11.0. The van der Waals surface area contributed by atoms with Crippen LogP contribution in [-0.4, -0.2) is 31.6 Å². The van der Waals surface area contributed by atoms with Crippen molar-refractivity contribution in [3.8, 4) is 0 Å². The van der Waals surface area contributed by atoms with Crippen molar-refractivity contribution in [2.24, 2.45) is 0 Å². The number of hydrazine groups is 1. The van der Waals surface area contributed by atoms with Gasteiger partial charge >= 0.3 is 0 Å². The van der Waals surface area contributed by atoms with Gasteiger partial charge in [0, 0.05) is 43.0 Å². The average molecular weight is 255 g/mol. The van der Waals surface area contributed by atoms with Gasteiger partial charge in [-0.05, 0) is 24.3 Å². The van der Waals surface area contributed by atoms with Gasteiger partial charge in [0.25, 0.3) is 0 Å². The number of hydrogen-bond acceptors (Lipinski definition) is 4. The molecular weight excluding hydrogens is 238 g/mol. The third kappa shape index (κ3) is 2.93. The van der Waals surface area contributed by atoms with Crippen molar-refractivity contribution >= 4 is 32.0 Å². The van der Waals surface area contributed by atoms with Gasteiger partial charge in [-0.2, -0.15) is 0 Å². The van der Waals surface area contributed by atoms with Crippen LogP contribution in [0.2, 0.25) is 0 Å². The second-order valence-corrected chi connectivity index (χ2v) is 6.87. The summed E-state index contributed by atoms with van der Waals surface area (Å²) in [6.07, 6.45) is 0. The van der Waals surface area contributed by atoms with E-state index in [1.54, 1.807) is 0 Å². The number of rotatable bonds is 3. The first-order valence-corrected chi connectivity index (χ1v) is 7.91. The van der Waals surface area contributed by atoms with Gasteiger partial charge in [0.15, 0.2) is 0 Å². The van der Waals surface area contributed by atoms with Crippen LogP contribution in [-0.2, 0) is 20.6 Å². The van der Waals surface area contributed by atoms with Crippen LogP contribution in [0, 0.1) is 0 Å². The van der Waals surface area contributed by atoms with Crippen molar-refractivity contribution in [2.45, 2.75) is 0 Å². The highest BCUT2D eigenvalue weighted by molar-refractivity contribution is 8.28. The van der Waals surface area contributed by atoms with Gasteiger partial charge in [-0.1, -0.05) is 11.2 Å². The lowest BCUT2D eigenvalue weighted by molar-refractivity contribution is 0.856. The van der Waals surface area contributed by atoms with E-state index < -0.39 is 0 Å². The van der Waals surface area contributed by atoms with E-state index in [1.807, 2.05) is 7.05 Å². The van der Waals surface area contributed by atoms with Gasteiger partial charge < -0.3 is 10.3 Å². The third-order valence-corrected chi connectivity index (χ3v) is 4.96. The highest BCUT2D eigenvalue weighted by Crippen LogP contribution is 2.18. The highest BCUT2D eigenvalue weighted by atomic mass is 32.8. The quantitative estimate of drug-likeness (QED) is 0.792. The Morgan fingerprint density at radius 3 is 2.38 bits per heavy atom. The number of nitrogens with one attached hydrogen (secondary N) is 2. The fourth-order valence-corrected chi connectivity index (χ4v) is 3.30. The zero-order chi connectivity index (χ0) is 11.4. The predicted octanol–water partition coefficient (Wildman–Crippen LogP) is 1.13. The van der Waals surface area contributed by atoms with Gasteiger partial charge in [-0.3, -0.25) is 0 Å². The molecule has 0 radical (unpaired) electrons. The molecule has 0 aromatic heterocycles. The summed E-state index contributed by atoms with van der Waals surface area (Å²) in [4.78, 5) is 2.42. The van der Waals surface area contributed by atoms with E-state index in [4.69, 9.17) is 11.2 Å². The third-order valence-electron chi connectivity index (χ3n) is 2.68. The second-order valence-electron chi connectivity index (χ2n) is 3.76. The Labute approximate surface area is 104 Å². The van der Waals surface area contributed by atoms with Gasteiger partial charge in [0.2, 0.25) is 0 Å². The maximum absolute atomic E-state index is 5.33. The van der Waals surface area contributed by atoms with Gasteiger partial charge in [-0.15, -0.1) is 9.45 Å². The Hall–Kier alpha value is -0.650. The molecule has 2 rings (SSSR count). The first-order chi connectivity index (χ1) is 7.79. The number of benzene rings is 1. The fourth-order valence-electron chi connectivity index (χ4n) is 1.80. The normalized spacial score (nSPS) is 17.4. The maximum atomic E-state index is 5.33. The largest absolute Gasteiger partial charge is 0.370 e. The van der Waals surface area contributed by atoms with Crippen molar-refractivity contribution < 1.29 is 0 Å². The first-order valence-electron chi connectivity index (χ1n) is 5.42. The summed E-state index contributed by atoms with van der Waals surface area (Å²) >= 11 is 5.33. The van der Waals surface area contributed by atoms with Crippen molar-refractivity contribution in [2.75, 3.05) is 42.0 Å². The summed E-state index contributed by atoms with van der Waals surface area (Å²) in [5, 5.41) is 0. The molecule has 0 aliphatic carbocycles. The summed E-state index contributed by atoms with van der Waals surface area (Å²) in [5.74, 6) is 2.32. The molecular formula is C11H17N3S2. The smallest absolute Gasteiger partial charge is 0.0488 e. The molecule has 1 aromatic carbocycles.